The molecule has 0 amide bonds. The predicted octanol–water partition coefficient (Wildman–Crippen LogP) is 3.12. The van der Waals surface area contributed by atoms with Gasteiger partial charge in [-0.15, -0.1) is 0 Å². The highest BCUT2D eigenvalue weighted by atomic mass is 16.7. The van der Waals surface area contributed by atoms with Crippen molar-refractivity contribution in [3.8, 4) is 0 Å². The molecule has 7 atom stereocenters. The second-order valence-corrected chi connectivity index (χ2v) is 11.7. The van der Waals surface area contributed by atoms with Gasteiger partial charge >= 0.3 is 11.9 Å². The number of carbonyl (C=O) groups excluding carboxylic acids is 3. The summed E-state index contributed by atoms with van der Waals surface area (Å²) >= 11 is 0. The molecule has 11 nitrogen and oxygen atoms in total. The summed E-state index contributed by atoms with van der Waals surface area (Å²) in [5, 5.41) is 25.4. The van der Waals surface area contributed by atoms with Gasteiger partial charge in [0.15, 0.2) is 5.78 Å². The molecule has 2 N–H and O–H groups in total. The van der Waals surface area contributed by atoms with Gasteiger partial charge in [-0.05, 0) is 56.1 Å². The number of nitrogens with zero attached hydrogens (tertiary/aromatic N) is 1. The van der Waals surface area contributed by atoms with Gasteiger partial charge in [-0.25, -0.2) is 0 Å². The molecule has 2 fully saturated rings. The van der Waals surface area contributed by atoms with E-state index in [2.05, 4.69) is 11.7 Å². The van der Waals surface area contributed by atoms with Crippen molar-refractivity contribution in [1.29, 1.82) is 0 Å². The normalized spacial score (nSPS) is 27.8. The Labute approximate surface area is 248 Å². The Morgan fingerprint density at radius 3 is 2.67 bits per heavy atom. The van der Waals surface area contributed by atoms with Crippen molar-refractivity contribution in [2.45, 2.75) is 84.0 Å². The van der Waals surface area contributed by atoms with Crippen LogP contribution in [-0.2, 0) is 38.2 Å². The molecule has 0 spiro atoms. The minimum atomic E-state index is -1.06. The number of ketones is 1. The molecule has 3 aliphatic rings. The Hall–Kier alpha value is -2.60. The zero-order valence-electron chi connectivity index (χ0n) is 25.1. The lowest BCUT2D eigenvalue weighted by molar-refractivity contribution is -0.158. The second-order valence-electron chi connectivity index (χ2n) is 11.7. The van der Waals surface area contributed by atoms with Crippen LogP contribution in [0.2, 0.25) is 0 Å². The molecule has 0 bridgehead atoms. The Morgan fingerprint density at radius 1 is 1.24 bits per heavy atom. The van der Waals surface area contributed by atoms with Gasteiger partial charge in [-0.3, -0.25) is 14.4 Å². The van der Waals surface area contributed by atoms with Crippen LogP contribution in [0.25, 0.3) is 0 Å². The predicted molar refractivity (Wildman–Crippen MR) is 153 cm³/mol. The number of hydrogen-bond donors (Lipinski definition) is 2. The molecular formula is C31H47NO10. The number of hydrogen-bond acceptors (Lipinski definition) is 11. The third kappa shape index (κ3) is 9.72. The van der Waals surface area contributed by atoms with Crippen LogP contribution >= 0.6 is 0 Å². The number of oxime groups is 1. The standard InChI is InChI=1S/C31H47NO10/c1-5-11-40-29(36)13-23(34)12-22(33)7-8-24-20(4)27(35)14-25-26(32-41-17-21-15-38-18-39-16-21)9-10-28(30(24)25)42-31(37)19(3)6-2/h5,14,19-24,28,30,33-34H,1,6-13,15-18H2,2-4H3. The number of aliphatic hydroxyl groups is 2. The average Bonchev–Trinajstić information content (AvgIpc) is 2.97. The minimum Gasteiger partial charge on any atom is -0.461 e. The summed E-state index contributed by atoms with van der Waals surface area (Å²) in [4.78, 5) is 43.5. The SMILES string of the molecule is C=CCOC(=O)CC(O)CC(O)CCC1C(C)C(=O)C=C2C(=NOCC3COCOC3)CCC(OC(=O)C(C)CC)C21. The average molecular weight is 594 g/mol. The number of aliphatic hydroxyl groups excluding tert-OH is 2. The van der Waals surface area contributed by atoms with Gasteiger partial charge in [-0.1, -0.05) is 38.6 Å². The highest BCUT2D eigenvalue weighted by Gasteiger charge is 2.46. The fraction of sp³-hybridized carbons (Fsp3) is 0.742. The molecule has 2 aliphatic carbocycles. The molecule has 1 aliphatic heterocycles. The summed E-state index contributed by atoms with van der Waals surface area (Å²) in [6.07, 6.45) is 2.83. The fourth-order valence-corrected chi connectivity index (χ4v) is 5.74. The van der Waals surface area contributed by atoms with E-state index < -0.39 is 24.3 Å². The largest absolute Gasteiger partial charge is 0.461 e. The molecule has 1 heterocycles. The van der Waals surface area contributed by atoms with Crippen molar-refractivity contribution in [2.75, 3.05) is 33.2 Å². The molecule has 7 unspecified atom stereocenters. The van der Waals surface area contributed by atoms with E-state index in [4.69, 9.17) is 23.8 Å². The third-order valence-corrected chi connectivity index (χ3v) is 8.39. The van der Waals surface area contributed by atoms with E-state index in [0.717, 1.165) is 0 Å². The minimum absolute atomic E-state index is 0.00677. The van der Waals surface area contributed by atoms with Crippen LogP contribution in [0.3, 0.4) is 0 Å². The van der Waals surface area contributed by atoms with Crippen LogP contribution in [-0.4, -0.2) is 85.2 Å². The van der Waals surface area contributed by atoms with Crippen LogP contribution in [0, 0.1) is 29.6 Å². The number of fused-ring (bicyclic) bond motifs is 1. The first-order chi connectivity index (χ1) is 20.1. The quantitative estimate of drug-likeness (QED) is 0.165. The van der Waals surface area contributed by atoms with Gasteiger partial charge < -0.3 is 34.0 Å². The maximum absolute atomic E-state index is 13.2. The highest BCUT2D eigenvalue weighted by Crippen LogP contribution is 2.45. The molecule has 0 aromatic rings. The first-order valence-electron chi connectivity index (χ1n) is 15.1. The Balaban J connectivity index is 1.73. The lowest BCUT2D eigenvalue weighted by Gasteiger charge is -2.43. The molecule has 0 aromatic heterocycles. The lowest BCUT2D eigenvalue weighted by Crippen LogP contribution is -2.46. The molecule has 3 rings (SSSR count). The molecular weight excluding hydrogens is 546 g/mol. The highest BCUT2D eigenvalue weighted by molar-refractivity contribution is 6.08. The molecule has 11 heteroatoms. The van der Waals surface area contributed by atoms with Crippen molar-refractivity contribution in [2.24, 2.45) is 34.7 Å². The molecule has 1 saturated carbocycles. The van der Waals surface area contributed by atoms with Crippen LogP contribution in [0.5, 0.6) is 0 Å². The van der Waals surface area contributed by atoms with E-state index in [0.29, 0.717) is 63.2 Å². The van der Waals surface area contributed by atoms with E-state index in [9.17, 15) is 24.6 Å². The van der Waals surface area contributed by atoms with Gasteiger partial charge in [0, 0.05) is 17.8 Å². The Kier molecular flexibility index (Phi) is 13.6. The monoisotopic (exact) mass is 593 g/mol. The fourth-order valence-electron chi connectivity index (χ4n) is 5.74. The lowest BCUT2D eigenvalue weighted by atomic mass is 9.63. The van der Waals surface area contributed by atoms with Gasteiger partial charge in [-0.2, -0.15) is 0 Å². The number of carbonyl (C=O) groups is 3. The van der Waals surface area contributed by atoms with Crippen LogP contribution < -0.4 is 0 Å². The van der Waals surface area contributed by atoms with Crippen molar-refractivity contribution in [3.63, 3.8) is 0 Å². The van der Waals surface area contributed by atoms with Gasteiger partial charge in [0.2, 0.25) is 0 Å². The van der Waals surface area contributed by atoms with E-state index >= 15 is 0 Å². The van der Waals surface area contributed by atoms with Gasteiger partial charge in [0.05, 0.1) is 43.5 Å². The number of esters is 2. The molecule has 1 saturated heterocycles. The molecule has 42 heavy (non-hydrogen) atoms. The topological polar surface area (TPSA) is 150 Å². The number of rotatable bonds is 15. The van der Waals surface area contributed by atoms with E-state index in [1.54, 1.807) is 6.08 Å². The first kappa shape index (κ1) is 33.9. The zero-order chi connectivity index (χ0) is 30.6. The maximum Gasteiger partial charge on any atom is 0.308 e. The Bertz CT molecular complexity index is 988. The third-order valence-electron chi connectivity index (χ3n) is 8.39. The zero-order valence-corrected chi connectivity index (χ0v) is 25.1. The smallest absolute Gasteiger partial charge is 0.308 e. The summed E-state index contributed by atoms with van der Waals surface area (Å²) in [5.41, 5.74) is 1.37. The van der Waals surface area contributed by atoms with Crippen LogP contribution in [0.4, 0.5) is 0 Å². The first-order valence-corrected chi connectivity index (χ1v) is 15.1. The second kappa shape index (κ2) is 16.9. The van der Waals surface area contributed by atoms with E-state index in [-0.39, 0.29) is 67.6 Å². The van der Waals surface area contributed by atoms with Gasteiger partial charge in [0.25, 0.3) is 0 Å². The summed E-state index contributed by atoms with van der Waals surface area (Å²) in [5.74, 6) is -1.99. The van der Waals surface area contributed by atoms with Crippen molar-refractivity contribution < 1.29 is 48.4 Å². The number of ether oxygens (including phenoxy) is 4. The van der Waals surface area contributed by atoms with Crippen molar-refractivity contribution in [3.05, 3.63) is 24.3 Å². The summed E-state index contributed by atoms with van der Waals surface area (Å²) in [6.45, 7) is 10.8. The molecule has 0 radical (unpaired) electrons. The van der Waals surface area contributed by atoms with E-state index in [1.807, 2.05) is 20.8 Å². The van der Waals surface area contributed by atoms with Crippen molar-refractivity contribution in [1.82, 2.24) is 0 Å². The molecule has 0 aromatic carbocycles. The van der Waals surface area contributed by atoms with Gasteiger partial charge in [0.1, 0.15) is 26.1 Å². The van der Waals surface area contributed by atoms with Crippen LogP contribution in [0.1, 0.15) is 65.7 Å². The summed E-state index contributed by atoms with van der Waals surface area (Å²) < 4.78 is 21.6. The molecule has 236 valence electrons. The van der Waals surface area contributed by atoms with Crippen LogP contribution in [0.15, 0.2) is 29.5 Å². The maximum atomic E-state index is 13.2. The number of allylic oxidation sites excluding steroid dienone is 1. The van der Waals surface area contributed by atoms with E-state index in [1.165, 1.54) is 6.08 Å². The van der Waals surface area contributed by atoms with Crippen molar-refractivity contribution >= 4 is 23.4 Å². The Morgan fingerprint density at radius 2 is 1.98 bits per heavy atom. The summed E-state index contributed by atoms with van der Waals surface area (Å²) in [7, 11) is 0. The summed E-state index contributed by atoms with van der Waals surface area (Å²) in [6, 6.07) is 0.